The highest BCUT2D eigenvalue weighted by molar-refractivity contribution is 6.29. The zero-order valence-corrected chi connectivity index (χ0v) is 11.7. The van der Waals surface area contributed by atoms with Crippen LogP contribution in [0.15, 0.2) is 6.07 Å². The van der Waals surface area contributed by atoms with Gasteiger partial charge in [-0.3, -0.25) is 0 Å². The number of anilines is 2. The van der Waals surface area contributed by atoms with E-state index < -0.39 is 0 Å². The van der Waals surface area contributed by atoms with Crippen molar-refractivity contribution in [1.82, 2.24) is 9.97 Å². The lowest BCUT2D eigenvalue weighted by atomic mass is 9.83. The molecule has 19 heavy (non-hydrogen) atoms. The minimum atomic E-state index is 0.168. The normalized spacial score (nSPS) is 18.2. The first-order valence-corrected chi connectivity index (χ1v) is 7.24. The minimum absolute atomic E-state index is 0.168. The van der Waals surface area contributed by atoms with Gasteiger partial charge >= 0.3 is 0 Å². The lowest BCUT2D eigenvalue weighted by Gasteiger charge is -2.31. The van der Waals surface area contributed by atoms with E-state index in [4.69, 9.17) is 17.3 Å². The summed E-state index contributed by atoms with van der Waals surface area (Å²) in [5, 5.41) is 12.9. The van der Waals surface area contributed by atoms with E-state index in [-0.39, 0.29) is 18.6 Å². The Hall–Kier alpha value is -1.07. The van der Waals surface area contributed by atoms with Crippen LogP contribution in [0.1, 0.15) is 38.5 Å². The van der Waals surface area contributed by atoms with Crippen molar-refractivity contribution in [1.29, 1.82) is 0 Å². The molecule has 1 saturated carbocycles. The van der Waals surface area contributed by atoms with Crippen LogP contribution in [0.2, 0.25) is 5.15 Å². The highest BCUT2D eigenvalue weighted by Crippen LogP contribution is 2.29. The van der Waals surface area contributed by atoms with Crippen molar-refractivity contribution in [2.75, 3.05) is 17.7 Å². The van der Waals surface area contributed by atoms with Gasteiger partial charge in [-0.25, -0.2) is 4.98 Å². The summed E-state index contributed by atoms with van der Waals surface area (Å²) in [4.78, 5) is 7.98. The zero-order chi connectivity index (χ0) is 13.7. The topological polar surface area (TPSA) is 84.1 Å². The molecule has 106 valence electrons. The molecule has 1 atom stereocenters. The summed E-state index contributed by atoms with van der Waals surface area (Å²) >= 11 is 5.88. The summed E-state index contributed by atoms with van der Waals surface area (Å²) < 4.78 is 0. The second-order valence-corrected chi connectivity index (χ2v) is 5.48. The largest absolute Gasteiger partial charge is 0.396 e. The molecule has 5 nitrogen and oxygen atoms in total. The smallest absolute Gasteiger partial charge is 0.223 e. The molecule has 1 aromatic heterocycles. The highest BCUT2D eigenvalue weighted by Gasteiger charge is 2.23. The van der Waals surface area contributed by atoms with Gasteiger partial charge in [0.25, 0.3) is 0 Å². The second kappa shape index (κ2) is 6.91. The number of halogens is 1. The molecule has 1 aliphatic rings. The molecule has 1 heterocycles. The molecule has 1 fully saturated rings. The van der Waals surface area contributed by atoms with Crippen molar-refractivity contribution < 1.29 is 5.11 Å². The summed E-state index contributed by atoms with van der Waals surface area (Å²) in [6.45, 7) is 0.169. The van der Waals surface area contributed by atoms with E-state index in [1.165, 1.54) is 32.1 Å². The Morgan fingerprint density at radius 2 is 2.11 bits per heavy atom. The van der Waals surface area contributed by atoms with Gasteiger partial charge in [0.05, 0.1) is 0 Å². The molecule has 1 aliphatic carbocycles. The molecule has 0 radical (unpaired) electrons. The number of nitrogen functional groups attached to an aromatic ring is 1. The summed E-state index contributed by atoms with van der Waals surface area (Å²) in [5.74, 6) is 1.39. The van der Waals surface area contributed by atoms with E-state index in [9.17, 15) is 5.11 Å². The molecule has 1 aromatic rings. The molecular formula is C13H21ClN4O. The first-order valence-electron chi connectivity index (χ1n) is 6.86. The Morgan fingerprint density at radius 1 is 1.37 bits per heavy atom. The number of rotatable bonds is 5. The lowest BCUT2D eigenvalue weighted by Crippen LogP contribution is -2.32. The summed E-state index contributed by atoms with van der Waals surface area (Å²) in [6.07, 6.45) is 6.96. The maximum atomic E-state index is 9.23. The predicted octanol–water partition coefficient (Wildman–Crippen LogP) is 2.46. The van der Waals surface area contributed by atoms with Gasteiger partial charge in [-0.05, 0) is 25.2 Å². The van der Waals surface area contributed by atoms with Crippen LogP contribution >= 0.6 is 11.6 Å². The van der Waals surface area contributed by atoms with Crippen molar-refractivity contribution in [2.24, 2.45) is 5.92 Å². The molecule has 6 heteroatoms. The zero-order valence-electron chi connectivity index (χ0n) is 11.0. The Balaban J connectivity index is 2.06. The van der Waals surface area contributed by atoms with Crippen LogP contribution < -0.4 is 11.1 Å². The van der Waals surface area contributed by atoms with E-state index >= 15 is 0 Å². The molecule has 1 unspecified atom stereocenters. The number of hydrogen-bond donors (Lipinski definition) is 3. The fraction of sp³-hybridized carbons (Fsp3) is 0.692. The maximum Gasteiger partial charge on any atom is 0.223 e. The Labute approximate surface area is 118 Å². The van der Waals surface area contributed by atoms with E-state index in [1.54, 1.807) is 6.07 Å². The molecule has 0 aromatic carbocycles. The quantitative estimate of drug-likeness (QED) is 0.723. The number of hydrogen-bond acceptors (Lipinski definition) is 5. The van der Waals surface area contributed by atoms with Crippen molar-refractivity contribution in [3.8, 4) is 0 Å². The monoisotopic (exact) mass is 284 g/mol. The predicted molar refractivity (Wildman–Crippen MR) is 77.1 cm³/mol. The maximum absolute atomic E-state index is 9.23. The second-order valence-electron chi connectivity index (χ2n) is 5.10. The van der Waals surface area contributed by atoms with E-state index in [0.29, 0.717) is 23.3 Å². The summed E-state index contributed by atoms with van der Waals surface area (Å²) in [7, 11) is 0. The van der Waals surface area contributed by atoms with E-state index in [2.05, 4.69) is 15.3 Å². The SMILES string of the molecule is Nc1nc(Cl)cc(NC(CCO)C2CCCCC2)n1. The van der Waals surface area contributed by atoms with Crippen LogP contribution in [-0.4, -0.2) is 27.7 Å². The van der Waals surface area contributed by atoms with Crippen LogP contribution in [0.25, 0.3) is 0 Å². The van der Waals surface area contributed by atoms with Crippen molar-refractivity contribution >= 4 is 23.4 Å². The third-order valence-electron chi connectivity index (χ3n) is 3.70. The van der Waals surface area contributed by atoms with Gasteiger partial charge in [0.1, 0.15) is 11.0 Å². The number of aliphatic hydroxyl groups is 1. The van der Waals surface area contributed by atoms with Crippen LogP contribution in [0.3, 0.4) is 0 Å². The average molecular weight is 285 g/mol. The fourth-order valence-corrected chi connectivity index (χ4v) is 2.99. The van der Waals surface area contributed by atoms with Crippen molar-refractivity contribution in [3.63, 3.8) is 0 Å². The Kier molecular flexibility index (Phi) is 5.22. The fourth-order valence-electron chi connectivity index (χ4n) is 2.80. The van der Waals surface area contributed by atoms with Crippen LogP contribution in [0.5, 0.6) is 0 Å². The molecule has 0 saturated heterocycles. The van der Waals surface area contributed by atoms with Gasteiger partial charge in [-0.1, -0.05) is 30.9 Å². The average Bonchev–Trinajstić information content (AvgIpc) is 2.38. The lowest BCUT2D eigenvalue weighted by molar-refractivity contribution is 0.239. The van der Waals surface area contributed by atoms with Crippen LogP contribution in [0.4, 0.5) is 11.8 Å². The first-order chi connectivity index (χ1) is 9.19. The third-order valence-corrected chi connectivity index (χ3v) is 3.90. The van der Waals surface area contributed by atoms with Gasteiger partial charge in [-0.2, -0.15) is 4.98 Å². The highest BCUT2D eigenvalue weighted by atomic mass is 35.5. The third kappa shape index (κ3) is 4.21. The molecule has 0 aliphatic heterocycles. The minimum Gasteiger partial charge on any atom is -0.396 e. The molecule has 2 rings (SSSR count). The van der Waals surface area contributed by atoms with Crippen LogP contribution in [0, 0.1) is 5.92 Å². The van der Waals surface area contributed by atoms with Crippen molar-refractivity contribution in [3.05, 3.63) is 11.2 Å². The molecular weight excluding hydrogens is 264 g/mol. The van der Waals surface area contributed by atoms with E-state index in [1.807, 2.05) is 0 Å². The first kappa shape index (κ1) is 14.3. The summed E-state index contributed by atoms with van der Waals surface area (Å²) in [6, 6.07) is 1.89. The Bertz CT molecular complexity index is 389. The van der Waals surface area contributed by atoms with Gasteiger partial charge in [0, 0.05) is 18.7 Å². The molecule has 4 N–H and O–H groups in total. The molecule has 0 amide bonds. The van der Waals surface area contributed by atoms with Gasteiger partial charge in [0.15, 0.2) is 0 Å². The number of nitrogens with two attached hydrogens (primary N) is 1. The van der Waals surface area contributed by atoms with Crippen LogP contribution in [-0.2, 0) is 0 Å². The van der Waals surface area contributed by atoms with Crippen molar-refractivity contribution in [2.45, 2.75) is 44.6 Å². The van der Waals surface area contributed by atoms with Gasteiger partial charge in [-0.15, -0.1) is 0 Å². The molecule has 0 bridgehead atoms. The molecule has 0 spiro atoms. The summed E-state index contributed by atoms with van der Waals surface area (Å²) in [5.41, 5.74) is 5.59. The number of nitrogens with one attached hydrogen (secondary N) is 1. The van der Waals surface area contributed by atoms with Gasteiger partial charge in [0.2, 0.25) is 5.95 Å². The number of aromatic nitrogens is 2. The number of aliphatic hydroxyl groups excluding tert-OH is 1. The standard InChI is InChI=1S/C13H21ClN4O/c14-11-8-12(18-13(15)17-11)16-10(6-7-19)9-4-2-1-3-5-9/h8-10,19H,1-7H2,(H3,15,16,17,18). The Morgan fingerprint density at radius 3 is 2.74 bits per heavy atom. The van der Waals surface area contributed by atoms with Gasteiger partial charge < -0.3 is 16.2 Å². The number of nitrogens with zero attached hydrogens (tertiary/aromatic N) is 2. The van der Waals surface area contributed by atoms with E-state index in [0.717, 1.165) is 0 Å².